The van der Waals surface area contributed by atoms with Crippen LogP contribution in [-0.2, 0) is 11.0 Å². The number of nitrogens with zero attached hydrogens (tertiary/aromatic N) is 1. The van der Waals surface area contributed by atoms with Crippen molar-refractivity contribution in [2.75, 3.05) is 0 Å². The Morgan fingerprint density at radius 2 is 1.96 bits per heavy atom. The summed E-state index contributed by atoms with van der Waals surface area (Å²) in [5.41, 5.74) is 0.210. The number of oxazole rings is 1. The van der Waals surface area contributed by atoms with E-state index in [1.165, 1.54) is 12.3 Å². The Kier molecular flexibility index (Phi) is 5.52. The molecule has 0 spiro atoms. The van der Waals surface area contributed by atoms with Crippen molar-refractivity contribution in [1.29, 1.82) is 0 Å². The molecular weight excluding hydrogens is 364 g/mol. The summed E-state index contributed by atoms with van der Waals surface area (Å²) in [7, 11) is -1.55. The fourth-order valence-electron chi connectivity index (χ4n) is 1.85. The van der Waals surface area contributed by atoms with Gasteiger partial charge in [0, 0.05) is 0 Å². The van der Waals surface area contributed by atoms with E-state index in [1.54, 1.807) is 20.8 Å². The van der Waals surface area contributed by atoms with Gasteiger partial charge in [-0.1, -0.05) is 6.07 Å². The summed E-state index contributed by atoms with van der Waals surface area (Å²) in [5, 5.41) is 0. The van der Waals surface area contributed by atoms with E-state index in [-0.39, 0.29) is 11.3 Å². The second kappa shape index (κ2) is 7.12. The van der Waals surface area contributed by atoms with Crippen LogP contribution in [-0.4, -0.2) is 20.3 Å². The minimum Gasteiger partial charge on any atom is -0.446 e. The van der Waals surface area contributed by atoms with E-state index in [0.717, 1.165) is 18.5 Å². The van der Waals surface area contributed by atoms with Crippen molar-refractivity contribution in [3.05, 3.63) is 47.9 Å². The maximum atomic E-state index is 14.0. The van der Waals surface area contributed by atoms with E-state index in [4.69, 9.17) is 4.42 Å². The van der Waals surface area contributed by atoms with Crippen molar-refractivity contribution in [2.24, 2.45) is 0 Å². The third kappa shape index (κ3) is 5.27. The minimum absolute atomic E-state index is 0.210. The number of rotatable bonds is 5. The SMILES string of the molecule is CC(C)(C)S(=O)NC(c1ccc(OC(F)(F)F)c(F)c1)c1cnco1. The Morgan fingerprint density at radius 1 is 1.28 bits per heavy atom. The zero-order chi connectivity index (χ0) is 18.8. The Balaban J connectivity index is 2.35. The summed E-state index contributed by atoms with van der Waals surface area (Å²) in [6.45, 7) is 5.19. The summed E-state index contributed by atoms with van der Waals surface area (Å²) >= 11 is 0. The number of hydrogen-bond donors (Lipinski definition) is 1. The van der Waals surface area contributed by atoms with E-state index in [1.807, 2.05) is 0 Å². The first-order valence-corrected chi connectivity index (χ1v) is 8.24. The van der Waals surface area contributed by atoms with Gasteiger partial charge < -0.3 is 9.15 Å². The molecule has 5 nitrogen and oxygen atoms in total. The number of benzene rings is 1. The molecule has 0 aliphatic rings. The normalized spacial score (nSPS) is 15.0. The van der Waals surface area contributed by atoms with Gasteiger partial charge >= 0.3 is 6.36 Å². The van der Waals surface area contributed by atoms with Gasteiger partial charge in [0.15, 0.2) is 18.0 Å². The van der Waals surface area contributed by atoms with Gasteiger partial charge in [0.1, 0.15) is 11.8 Å². The monoisotopic (exact) mass is 380 g/mol. The van der Waals surface area contributed by atoms with Crippen LogP contribution < -0.4 is 9.46 Å². The first-order valence-electron chi connectivity index (χ1n) is 7.09. The van der Waals surface area contributed by atoms with Crippen molar-refractivity contribution in [1.82, 2.24) is 9.71 Å². The lowest BCUT2D eigenvalue weighted by atomic mass is 10.1. The highest BCUT2D eigenvalue weighted by atomic mass is 32.2. The predicted octanol–water partition coefficient (Wildman–Crippen LogP) is 3.85. The molecule has 2 unspecified atom stereocenters. The number of aromatic nitrogens is 1. The second-order valence-corrected chi connectivity index (χ2v) is 8.07. The number of halogens is 4. The maximum Gasteiger partial charge on any atom is 0.573 e. The molecular formula is C15H16F4N2O3S. The van der Waals surface area contributed by atoms with Gasteiger partial charge in [-0.25, -0.2) is 18.3 Å². The van der Waals surface area contributed by atoms with Crippen LogP contribution in [0.4, 0.5) is 17.6 Å². The minimum atomic E-state index is -5.00. The van der Waals surface area contributed by atoms with Crippen LogP contribution in [0.15, 0.2) is 35.2 Å². The lowest BCUT2D eigenvalue weighted by Crippen LogP contribution is -2.36. The molecule has 0 fully saturated rings. The highest BCUT2D eigenvalue weighted by Gasteiger charge is 2.33. The molecule has 0 radical (unpaired) electrons. The van der Waals surface area contributed by atoms with E-state index in [0.29, 0.717) is 0 Å². The van der Waals surface area contributed by atoms with Gasteiger partial charge in [0.25, 0.3) is 0 Å². The smallest absolute Gasteiger partial charge is 0.446 e. The molecule has 0 aliphatic carbocycles. The van der Waals surface area contributed by atoms with Crippen LogP contribution in [0.3, 0.4) is 0 Å². The van der Waals surface area contributed by atoms with Crippen molar-refractivity contribution >= 4 is 11.0 Å². The average molecular weight is 380 g/mol. The molecule has 1 aromatic heterocycles. The van der Waals surface area contributed by atoms with Gasteiger partial charge in [-0.15, -0.1) is 13.2 Å². The molecule has 2 aromatic rings. The molecule has 0 saturated heterocycles. The van der Waals surface area contributed by atoms with Crippen molar-refractivity contribution < 1.29 is 30.9 Å². The van der Waals surface area contributed by atoms with Crippen molar-refractivity contribution in [3.63, 3.8) is 0 Å². The van der Waals surface area contributed by atoms with Crippen LogP contribution in [0.25, 0.3) is 0 Å². The van der Waals surface area contributed by atoms with Crippen LogP contribution in [0, 0.1) is 5.82 Å². The number of hydrogen-bond acceptors (Lipinski definition) is 4. The lowest BCUT2D eigenvalue weighted by molar-refractivity contribution is -0.275. The van der Waals surface area contributed by atoms with Crippen molar-refractivity contribution in [2.45, 2.75) is 37.9 Å². The van der Waals surface area contributed by atoms with E-state index in [9.17, 15) is 21.8 Å². The number of nitrogens with one attached hydrogen (secondary N) is 1. The zero-order valence-corrected chi connectivity index (χ0v) is 14.4. The van der Waals surface area contributed by atoms with Crippen LogP contribution in [0.2, 0.25) is 0 Å². The zero-order valence-electron chi connectivity index (χ0n) is 13.6. The van der Waals surface area contributed by atoms with Gasteiger partial charge in [-0.3, -0.25) is 0 Å². The summed E-state index contributed by atoms with van der Waals surface area (Å²) in [6, 6.07) is 2.08. The molecule has 25 heavy (non-hydrogen) atoms. The number of alkyl halides is 3. The van der Waals surface area contributed by atoms with Crippen LogP contribution in [0.5, 0.6) is 5.75 Å². The van der Waals surface area contributed by atoms with E-state index >= 15 is 0 Å². The third-order valence-electron chi connectivity index (χ3n) is 3.03. The summed E-state index contributed by atoms with van der Waals surface area (Å²) in [4.78, 5) is 3.75. The Labute approximate surface area is 144 Å². The highest BCUT2D eigenvalue weighted by molar-refractivity contribution is 7.84. The predicted molar refractivity (Wildman–Crippen MR) is 82.5 cm³/mol. The molecule has 1 N–H and O–H groups in total. The first-order chi connectivity index (χ1) is 11.5. The number of ether oxygens (including phenoxy) is 1. The second-order valence-electron chi connectivity index (χ2n) is 6.07. The molecule has 1 aromatic carbocycles. The highest BCUT2D eigenvalue weighted by Crippen LogP contribution is 2.30. The topological polar surface area (TPSA) is 64.4 Å². The molecule has 0 amide bonds. The molecule has 0 saturated carbocycles. The molecule has 1 heterocycles. The van der Waals surface area contributed by atoms with Crippen molar-refractivity contribution in [3.8, 4) is 5.75 Å². The molecule has 2 atom stereocenters. The van der Waals surface area contributed by atoms with E-state index < -0.39 is 39.7 Å². The van der Waals surface area contributed by atoms with Crippen LogP contribution >= 0.6 is 0 Å². The standard InChI is InChI=1S/C15H16F4N2O3S/c1-14(2,3)25(22)21-13(12-7-20-8-23-12)9-4-5-11(10(16)6-9)24-15(17,18)19/h4-8,13,21H,1-3H3. The molecule has 0 aliphatic heterocycles. The molecule has 0 bridgehead atoms. The van der Waals surface area contributed by atoms with Crippen LogP contribution in [0.1, 0.15) is 38.1 Å². The largest absolute Gasteiger partial charge is 0.573 e. The lowest BCUT2D eigenvalue weighted by Gasteiger charge is -2.23. The molecule has 2 rings (SSSR count). The fourth-order valence-corrected chi connectivity index (χ4v) is 2.67. The maximum absolute atomic E-state index is 14.0. The van der Waals surface area contributed by atoms with Gasteiger partial charge in [0.2, 0.25) is 0 Å². The summed E-state index contributed by atoms with van der Waals surface area (Å²) < 4.78 is 74.0. The van der Waals surface area contributed by atoms with Gasteiger partial charge in [-0.2, -0.15) is 0 Å². The average Bonchev–Trinajstić information content (AvgIpc) is 2.98. The summed E-state index contributed by atoms with van der Waals surface area (Å²) in [5.74, 6) is -1.92. The van der Waals surface area contributed by atoms with Gasteiger partial charge in [0.05, 0.1) is 21.9 Å². The third-order valence-corrected chi connectivity index (χ3v) is 4.59. The molecule has 138 valence electrons. The Morgan fingerprint density at radius 3 is 2.44 bits per heavy atom. The Hall–Kier alpha value is -1.94. The molecule has 10 heteroatoms. The quantitative estimate of drug-likeness (QED) is 0.801. The summed E-state index contributed by atoms with van der Waals surface area (Å²) in [6.07, 6.45) is -2.52. The first kappa shape index (κ1) is 19.4. The Bertz CT molecular complexity index is 742. The fraction of sp³-hybridized carbons (Fsp3) is 0.400. The van der Waals surface area contributed by atoms with E-state index in [2.05, 4.69) is 14.4 Å². The van der Waals surface area contributed by atoms with Gasteiger partial charge in [-0.05, 0) is 38.5 Å².